The van der Waals surface area contributed by atoms with E-state index in [0.717, 1.165) is 17.8 Å². The third kappa shape index (κ3) is 5.58. The maximum Gasteiger partial charge on any atom is 0.303 e. The number of hydrogen-bond donors (Lipinski definition) is 1. The number of halogens is 1. The number of allylic oxidation sites excluding steroid dienone is 4. The van der Waals surface area contributed by atoms with E-state index in [-0.39, 0.29) is 35.9 Å². The molecule has 0 aromatic carbocycles. The molecule has 25 heavy (non-hydrogen) atoms. The fraction of sp³-hybridized carbons (Fsp3) is 0.684. The molecule has 1 saturated heterocycles. The van der Waals surface area contributed by atoms with Crippen molar-refractivity contribution in [3.63, 3.8) is 0 Å². The highest BCUT2D eigenvalue weighted by atomic mass is 19.1. The maximum absolute atomic E-state index is 13.6. The summed E-state index contributed by atoms with van der Waals surface area (Å²) in [6.45, 7) is 7.87. The van der Waals surface area contributed by atoms with Crippen LogP contribution in [-0.4, -0.2) is 41.6 Å². The Hall–Kier alpha value is -1.85. The molecule has 1 aliphatic carbocycles. The molecule has 0 aromatic rings. The summed E-state index contributed by atoms with van der Waals surface area (Å²) < 4.78 is 19.7. The lowest BCUT2D eigenvalue weighted by Crippen LogP contribution is -2.29. The first-order valence-electron chi connectivity index (χ1n) is 8.89. The summed E-state index contributed by atoms with van der Waals surface area (Å²) in [4.78, 5) is 24.3. The number of hydrogen-bond acceptors (Lipinski definition) is 3. The Kier molecular flexibility index (Phi) is 6.25. The molecule has 0 bridgehead atoms. The van der Waals surface area contributed by atoms with E-state index < -0.39 is 5.97 Å². The van der Waals surface area contributed by atoms with Gasteiger partial charge >= 0.3 is 5.97 Å². The monoisotopic (exact) mass is 353 g/mol. The van der Waals surface area contributed by atoms with Crippen LogP contribution < -0.4 is 0 Å². The van der Waals surface area contributed by atoms with Crippen molar-refractivity contribution in [2.24, 2.45) is 11.3 Å². The SMILES string of the molecule is CC(C)(C)C1=C(OCC2CCN(C(=O)CCC(=O)O)C2)CCC(F)=C1. The first-order valence-corrected chi connectivity index (χ1v) is 8.89. The zero-order chi connectivity index (χ0) is 18.6. The van der Waals surface area contributed by atoms with Crippen LogP contribution in [0, 0.1) is 11.3 Å². The molecule has 1 heterocycles. The Morgan fingerprint density at radius 1 is 1.32 bits per heavy atom. The fourth-order valence-electron chi connectivity index (χ4n) is 3.25. The maximum atomic E-state index is 13.6. The van der Waals surface area contributed by atoms with E-state index in [1.54, 1.807) is 11.0 Å². The molecule has 1 unspecified atom stereocenters. The molecule has 2 aliphatic rings. The van der Waals surface area contributed by atoms with Gasteiger partial charge in [-0.15, -0.1) is 0 Å². The van der Waals surface area contributed by atoms with Gasteiger partial charge in [-0.1, -0.05) is 20.8 Å². The number of rotatable bonds is 6. The van der Waals surface area contributed by atoms with Gasteiger partial charge in [-0.3, -0.25) is 9.59 Å². The van der Waals surface area contributed by atoms with Crippen molar-refractivity contribution in [1.29, 1.82) is 0 Å². The van der Waals surface area contributed by atoms with Gasteiger partial charge in [0.25, 0.3) is 0 Å². The van der Waals surface area contributed by atoms with Crippen LogP contribution in [0.5, 0.6) is 0 Å². The molecule has 1 fully saturated rings. The number of carbonyl (C=O) groups excluding carboxylic acids is 1. The smallest absolute Gasteiger partial charge is 0.303 e. The topological polar surface area (TPSA) is 66.8 Å². The van der Waals surface area contributed by atoms with Crippen molar-refractivity contribution >= 4 is 11.9 Å². The summed E-state index contributed by atoms with van der Waals surface area (Å²) in [7, 11) is 0. The zero-order valence-corrected chi connectivity index (χ0v) is 15.3. The van der Waals surface area contributed by atoms with Gasteiger partial charge in [-0.05, 0) is 23.5 Å². The molecule has 0 saturated carbocycles. The third-order valence-electron chi connectivity index (χ3n) is 4.68. The highest BCUT2D eigenvalue weighted by molar-refractivity contribution is 5.80. The number of carboxylic acids is 1. The second kappa shape index (κ2) is 8.02. The lowest BCUT2D eigenvalue weighted by atomic mass is 9.82. The van der Waals surface area contributed by atoms with Crippen LogP contribution in [0.3, 0.4) is 0 Å². The predicted octanol–water partition coefficient (Wildman–Crippen LogP) is 3.66. The summed E-state index contributed by atoms with van der Waals surface area (Å²) in [5.41, 5.74) is 0.727. The van der Waals surface area contributed by atoms with Gasteiger partial charge in [0, 0.05) is 38.3 Å². The van der Waals surface area contributed by atoms with Crippen molar-refractivity contribution in [2.75, 3.05) is 19.7 Å². The van der Waals surface area contributed by atoms with E-state index in [2.05, 4.69) is 0 Å². The van der Waals surface area contributed by atoms with Gasteiger partial charge in [-0.2, -0.15) is 0 Å². The van der Waals surface area contributed by atoms with Crippen LogP contribution in [0.25, 0.3) is 0 Å². The lowest BCUT2D eigenvalue weighted by Gasteiger charge is -2.28. The number of nitrogens with zero attached hydrogens (tertiary/aromatic N) is 1. The minimum absolute atomic E-state index is 0.0479. The summed E-state index contributed by atoms with van der Waals surface area (Å²) in [5.74, 6) is -0.0787. The Balaban J connectivity index is 1.89. The van der Waals surface area contributed by atoms with Gasteiger partial charge < -0.3 is 14.7 Å². The number of amides is 1. The third-order valence-corrected chi connectivity index (χ3v) is 4.68. The molecule has 1 atom stereocenters. The highest BCUT2D eigenvalue weighted by Crippen LogP contribution is 2.37. The molecule has 6 heteroatoms. The van der Waals surface area contributed by atoms with Crippen LogP contribution >= 0.6 is 0 Å². The summed E-state index contributed by atoms with van der Waals surface area (Å²) >= 11 is 0. The average Bonchev–Trinajstić information content (AvgIpc) is 2.99. The van der Waals surface area contributed by atoms with E-state index in [4.69, 9.17) is 9.84 Å². The van der Waals surface area contributed by atoms with Crippen molar-refractivity contribution < 1.29 is 23.8 Å². The second-order valence-corrected chi connectivity index (χ2v) is 7.88. The summed E-state index contributed by atoms with van der Waals surface area (Å²) in [6.07, 6.45) is 3.31. The number of ether oxygens (including phenoxy) is 1. The lowest BCUT2D eigenvalue weighted by molar-refractivity contribution is -0.140. The number of aliphatic carboxylic acids is 1. The number of carboxylic acid groups (broad SMARTS) is 1. The summed E-state index contributed by atoms with van der Waals surface area (Å²) in [5, 5.41) is 8.67. The largest absolute Gasteiger partial charge is 0.497 e. The molecule has 0 aromatic heterocycles. The Labute approximate surface area is 148 Å². The van der Waals surface area contributed by atoms with Crippen molar-refractivity contribution in [3.8, 4) is 0 Å². The number of carbonyl (C=O) groups is 2. The van der Waals surface area contributed by atoms with E-state index >= 15 is 0 Å². The van der Waals surface area contributed by atoms with Crippen LogP contribution in [0.4, 0.5) is 4.39 Å². The van der Waals surface area contributed by atoms with E-state index in [1.165, 1.54) is 0 Å². The van der Waals surface area contributed by atoms with Gasteiger partial charge in [0.1, 0.15) is 11.6 Å². The van der Waals surface area contributed by atoms with Crippen LogP contribution in [0.1, 0.15) is 52.9 Å². The van der Waals surface area contributed by atoms with Crippen molar-refractivity contribution in [1.82, 2.24) is 4.90 Å². The molecular formula is C19H28FNO4. The zero-order valence-electron chi connectivity index (χ0n) is 15.3. The second-order valence-electron chi connectivity index (χ2n) is 7.88. The first-order chi connectivity index (χ1) is 11.7. The minimum Gasteiger partial charge on any atom is -0.497 e. The molecule has 1 aliphatic heterocycles. The molecule has 2 rings (SSSR count). The van der Waals surface area contributed by atoms with Gasteiger partial charge in [-0.25, -0.2) is 4.39 Å². The summed E-state index contributed by atoms with van der Waals surface area (Å²) in [6, 6.07) is 0. The average molecular weight is 353 g/mol. The normalized spacial score (nSPS) is 21.4. The number of likely N-dealkylation sites (tertiary alicyclic amines) is 1. The van der Waals surface area contributed by atoms with E-state index in [1.807, 2.05) is 20.8 Å². The predicted molar refractivity (Wildman–Crippen MR) is 92.4 cm³/mol. The molecule has 140 valence electrons. The van der Waals surface area contributed by atoms with Crippen LogP contribution in [0.2, 0.25) is 0 Å². The molecule has 0 spiro atoms. The quantitative estimate of drug-likeness (QED) is 0.791. The Bertz CT molecular complexity index is 589. The van der Waals surface area contributed by atoms with Crippen LogP contribution in [-0.2, 0) is 14.3 Å². The first kappa shape index (κ1) is 19.5. The molecule has 0 radical (unpaired) electrons. The minimum atomic E-state index is -0.952. The molecule has 1 amide bonds. The van der Waals surface area contributed by atoms with Crippen molar-refractivity contribution in [2.45, 2.75) is 52.9 Å². The fourth-order valence-corrected chi connectivity index (χ4v) is 3.25. The van der Waals surface area contributed by atoms with Gasteiger partial charge in [0.05, 0.1) is 13.0 Å². The van der Waals surface area contributed by atoms with Gasteiger partial charge in [0.2, 0.25) is 5.91 Å². The van der Waals surface area contributed by atoms with Gasteiger partial charge in [0.15, 0.2) is 0 Å². The molecule has 5 nitrogen and oxygen atoms in total. The van der Waals surface area contributed by atoms with Crippen LogP contribution in [0.15, 0.2) is 23.2 Å². The molecule has 1 N–H and O–H groups in total. The Morgan fingerprint density at radius 3 is 2.68 bits per heavy atom. The standard InChI is InChI=1S/C19H28FNO4/c1-19(2,3)15-10-14(20)4-5-16(15)25-12-13-8-9-21(11-13)17(22)6-7-18(23)24/h10,13H,4-9,11-12H2,1-3H3,(H,23,24). The van der Waals surface area contributed by atoms with E-state index in [9.17, 15) is 14.0 Å². The van der Waals surface area contributed by atoms with E-state index in [0.29, 0.717) is 32.5 Å². The van der Waals surface area contributed by atoms with Crippen molar-refractivity contribution in [3.05, 3.63) is 23.2 Å². The molecular weight excluding hydrogens is 325 g/mol. The Morgan fingerprint density at radius 2 is 2.04 bits per heavy atom. The highest BCUT2D eigenvalue weighted by Gasteiger charge is 2.29.